The van der Waals surface area contributed by atoms with Gasteiger partial charge in [-0.1, -0.05) is 29.8 Å². The summed E-state index contributed by atoms with van der Waals surface area (Å²) in [6.45, 7) is 6.24. The summed E-state index contributed by atoms with van der Waals surface area (Å²) in [5.74, 6) is 0. The third-order valence-corrected chi connectivity index (χ3v) is 4.60. The average molecular weight is 369 g/mol. The Bertz CT molecular complexity index is 970. The molecule has 0 saturated heterocycles. The van der Waals surface area contributed by atoms with Crippen LogP contribution in [-0.4, -0.2) is 21.9 Å². The van der Waals surface area contributed by atoms with Gasteiger partial charge in [0.15, 0.2) is 0 Å². The van der Waals surface area contributed by atoms with Crippen molar-refractivity contribution in [3.8, 4) is 11.3 Å². The van der Waals surface area contributed by atoms with E-state index in [-0.39, 0.29) is 0 Å². The maximum absolute atomic E-state index is 6.15. The van der Waals surface area contributed by atoms with Gasteiger partial charge < -0.3 is 0 Å². The lowest BCUT2D eigenvalue weighted by atomic mass is 10.2. The van der Waals surface area contributed by atoms with E-state index < -0.39 is 0 Å². The van der Waals surface area contributed by atoms with Crippen LogP contribution in [0.4, 0.5) is 0 Å². The van der Waals surface area contributed by atoms with Crippen LogP contribution in [0.1, 0.15) is 12.5 Å². The van der Waals surface area contributed by atoms with Gasteiger partial charge in [0.25, 0.3) is 0 Å². The predicted molar refractivity (Wildman–Crippen MR) is 105 cm³/mol. The number of nitrogens with zero attached hydrogens (tertiary/aromatic N) is 4. The molecule has 0 fully saturated rings. The van der Waals surface area contributed by atoms with E-state index in [4.69, 9.17) is 16.7 Å². The fourth-order valence-electron chi connectivity index (χ4n) is 2.29. The van der Waals surface area contributed by atoms with Gasteiger partial charge in [-0.3, -0.25) is 9.98 Å². The Hall–Kier alpha value is -2.50. The van der Waals surface area contributed by atoms with E-state index in [9.17, 15) is 0 Å². The van der Waals surface area contributed by atoms with Crippen LogP contribution in [0.5, 0.6) is 0 Å². The van der Waals surface area contributed by atoms with Crippen molar-refractivity contribution in [2.45, 2.75) is 6.92 Å². The standard InChI is InChI=1S/C19H17ClN4S/c1-3-9-22-19-24(23-14(2)15-7-10-21-11-8-15)18(13-25-19)16-5-4-6-17(20)12-16/h3-8,10-13H,1,9H2,2H3. The lowest BCUT2D eigenvalue weighted by Crippen LogP contribution is -2.14. The lowest BCUT2D eigenvalue weighted by Gasteiger charge is -2.06. The van der Waals surface area contributed by atoms with Gasteiger partial charge in [0.2, 0.25) is 4.80 Å². The molecule has 0 atom stereocenters. The molecular formula is C19H17ClN4S. The Morgan fingerprint density at radius 1 is 1.32 bits per heavy atom. The monoisotopic (exact) mass is 368 g/mol. The van der Waals surface area contributed by atoms with Crippen LogP contribution in [0.25, 0.3) is 11.3 Å². The third kappa shape index (κ3) is 4.13. The van der Waals surface area contributed by atoms with Gasteiger partial charge in [0, 0.05) is 33.9 Å². The van der Waals surface area contributed by atoms with Crippen molar-refractivity contribution in [2.75, 3.05) is 6.54 Å². The second kappa shape index (κ2) is 8.05. The Balaban J connectivity index is 2.15. The highest BCUT2D eigenvalue weighted by Crippen LogP contribution is 2.23. The first-order valence-electron chi connectivity index (χ1n) is 7.73. The summed E-state index contributed by atoms with van der Waals surface area (Å²) in [6, 6.07) is 11.6. The molecule has 126 valence electrons. The first kappa shape index (κ1) is 17.3. The number of benzene rings is 1. The molecule has 25 heavy (non-hydrogen) atoms. The molecule has 0 radical (unpaired) electrons. The fourth-order valence-corrected chi connectivity index (χ4v) is 3.33. The van der Waals surface area contributed by atoms with Gasteiger partial charge in [0.1, 0.15) is 0 Å². The number of thiazole rings is 1. The Labute approximate surface area is 155 Å². The molecule has 0 N–H and O–H groups in total. The zero-order valence-corrected chi connectivity index (χ0v) is 15.3. The molecule has 0 aliphatic carbocycles. The zero-order chi connectivity index (χ0) is 17.6. The summed E-state index contributed by atoms with van der Waals surface area (Å²) in [5.41, 5.74) is 3.84. The van der Waals surface area contributed by atoms with E-state index in [0.29, 0.717) is 11.6 Å². The van der Waals surface area contributed by atoms with Crippen molar-refractivity contribution in [1.29, 1.82) is 0 Å². The summed E-state index contributed by atoms with van der Waals surface area (Å²) in [5, 5.41) is 7.52. The molecule has 2 aromatic heterocycles. The molecule has 3 aromatic rings. The molecule has 0 bridgehead atoms. The highest BCUT2D eigenvalue weighted by Gasteiger charge is 2.09. The van der Waals surface area contributed by atoms with Crippen molar-refractivity contribution >= 4 is 28.6 Å². The molecule has 0 spiro atoms. The van der Waals surface area contributed by atoms with Crippen molar-refractivity contribution in [1.82, 2.24) is 9.66 Å². The second-order valence-corrected chi connectivity index (χ2v) is 6.55. The minimum absolute atomic E-state index is 0.541. The highest BCUT2D eigenvalue weighted by atomic mass is 35.5. The molecule has 2 heterocycles. The van der Waals surface area contributed by atoms with Crippen LogP contribution in [0.2, 0.25) is 5.02 Å². The van der Waals surface area contributed by atoms with E-state index in [2.05, 4.69) is 16.6 Å². The Morgan fingerprint density at radius 3 is 2.84 bits per heavy atom. The van der Waals surface area contributed by atoms with Gasteiger partial charge >= 0.3 is 0 Å². The molecular weight excluding hydrogens is 352 g/mol. The van der Waals surface area contributed by atoms with E-state index in [0.717, 1.165) is 27.3 Å². The number of aromatic nitrogens is 2. The normalized spacial score (nSPS) is 12.4. The molecule has 3 rings (SSSR count). The Kier molecular flexibility index (Phi) is 5.58. The van der Waals surface area contributed by atoms with E-state index >= 15 is 0 Å². The molecule has 6 heteroatoms. The fraction of sp³-hybridized carbons (Fsp3) is 0.105. The topological polar surface area (TPSA) is 42.5 Å². The smallest absolute Gasteiger partial charge is 0.206 e. The molecule has 4 nitrogen and oxygen atoms in total. The SMILES string of the molecule is C=CCN=c1scc(-c2cccc(Cl)c2)n1N=C(C)c1ccncc1. The van der Waals surface area contributed by atoms with E-state index in [1.54, 1.807) is 18.5 Å². The van der Waals surface area contributed by atoms with Gasteiger partial charge in [-0.15, -0.1) is 17.9 Å². The average Bonchev–Trinajstić information content (AvgIpc) is 3.03. The second-order valence-electron chi connectivity index (χ2n) is 5.28. The Morgan fingerprint density at radius 2 is 2.12 bits per heavy atom. The number of pyridine rings is 1. The largest absolute Gasteiger partial charge is 0.265 e. The minimum Gasteiger partial charge on any atom is -0.265 e. The van der Waals surface area contributed by atoms with Gasteiger partial charge in [0.05, 0.1) is 18.0 Å². The highest BCUT2D eigenvalue weighted by molar-refractivity contribution is 7.07. The van der Waals surface area contributed by atoms with Crippen LogP contribution in [0, 0.1) is 0 Å². The van der Waals surface area contributed by atoms with Crippen LogP contribution in [-0.2, 0) is 0 Å². The molecule has 0 aliphatic heterocycles. The van der Waals surface area contributed by atoms with Gasteiger partial charge in [-0.2, -0.15) is 5.10 Å². The molecule has 0 saturated carbocycles. The first-order chi connectivity index (χ1) is 12.2. The third-order valence-electron chi connectivity index (χ3n) is 3.51. The van der Waals surface area contributed by atoms with Crippen molar-refractivity contribution in [3.63, 3.8) is 0 Å². The number of hydrogen-bond donors (Lipinski definition) is 0. The zero-order valence-electron chi connectivity index (χ0n) is 13.8. The maximum Gasteiger partial charge on any atom is 0.206 e. The molecule has 0 amide bonds. The van der Waals surface area contributed by atoms with Crippen LogP contribution in [0.3, 0.4) is 0 Å². The van der Waals surface area contributed by atoms with Gasteiger partial charge in [-0.25, -0.2) is 4.68 Å². The van der Waals surface area contributed by atoms with Crippen molar-refractivity contribution in [2.24, 2.45) is 10.1 Å². The summed E-state index contributed by atoms with van der Waals surface area (Å²) in [7, 11) is 0. The number of hydrogen-bond acceptors (Lipinski definition) is 4. The summed E-state index contributed by atoms with van der Waals surface area (Å²) in [6.07, 6.45) is 5.28. The van der Waals surface area contributed by atoms with Crippen LogP contribution in [0.15, 0.2) is 76.9 Å². The molecule has 1 aromatic carbocycles. The first-order valence-corrected chi connectivity index (χ1v) is 8.98. The summed E-state index contributed by atoms with van der Waals surface area (Å²) < 4.78 is 1.86. The number of rotatable bonds is 5. The van der Waals surface area contributed by atoms with Crippen molar-refractivity contribution < 1.29 is 0 Å². The van der Waals surface area contributed by atoms with Crippen LogP contribution < -0.4 is 4.80 Å². The van der Waals surface area contributed by atoms with E-state index in [1.165, 1.54) is 11.3 Å². The molecule has 0 unspecified atom stereocenters. The van der Waals surface area contributed by atoms with E-state index in [1.807, 2.05) is 53.4 Å². The maximum atomic E-state index is 6.15. The molecule has 0 aliphatic rings. The van der Waals surface area contributed by atoms with Crippen molar-refractivity contribution in [3.05, 3.63) is 82.2 Å². The number of halogens is 1. The summed E-state index contributed by atoms with van der Waals surface area (Å²) in [4.78, 5) is 9.41. The van der Waals surface area contributed by atoms with Crippen LogP contribution >= 0.6 is 22.9 Å². The minimum atomic E-state index is 0.541. The van der Waals surface area contributed by atoms with Gasteiger partial charge in [-0.05, 0) is 31.2 Å². The summed E-state index contributed by atoms with van der Waals surface area (Å²) >= 11 is 7.69. The lowest BCUT2D eigenvalue weighted by molar-refractivity contribution is 0.834. The quantitative estimate of drug-likeness (QED) is 0.478. The predicted octanol–water partition coefficient (Wildman–Crippen LogP) is 4.62.